The number of hydrogen-bond donors (Lipinski definition) is 2. The summed E-state index contributed by atoms with van der Waals surface area (Å²) in [4.78, 5) is 4.37. The van der Waals surface area contributed by atoms with E-state index in [9.17, 15) is 8.42 Å². The molecule has 136 valence electrons. The lowest BCUT2D eigenvalue weighted by Gasteiger charge is -2.34. The maximum atomic E-state index is 12.4. The molecule has 0 aromatic rings. The first kappa shape index (κ1) is 20.9. The fourth-order valence-electron chi connectivity index (χ4n) is 2.50. The molecule has 0 spiro atoms. The van der Waals surface area contributed by atoms with E-state index in [4.69, 9.17) is 4.74 Å². The summed E-state index contributed by atoms with van der Waals surface area (Å²) in [5.74, 6) is 0.747. The van der Waals surface area contributed by atoms with E-state index < -0.39 is 10.0 Å². The standard InChI is InChI=1S/C14H28N4O3S.HI/c1-4-15-14(17-13-5-6-13)16-7-8-22(19,20)18-9-11(2)21-12(3)10-18;/h11-13H,4-10H2,1-3H3,(H2,15,16,17);1H. The maximum absolute atomic E-state index is 12.4. The Morgan fingerprint density at radius 1 is 1.26 bits per heavy atom. The van der Waals surface area contributed by atoms with Crippen LogP contribution in [-0.4, -0.2) is 68.9 Å². The third-order valence-electron chi connectivity index (χ3n) is 3.66. The van der Waals surface area contributed by atoms with Crippen molar-refractivity contribution in [1.82, 2.24) is 14.9 Å². The molecule has 0 radical (unpaired) electrons. The summed E-state index contributed by atoms with van der Waals surface area (Å²) in [5, 5.41) is 6.43. The van der Waals surface area contributed by atoms with Gasteiger partial charge in [-0.05, 0) is 33.6 Å². The molecule has 2 unspecified atom stereocenters. The van der Waals surface area contributed by atoms with Crippen LogP contribution in [0.3, 0.4) is 0 Å². The van der Waals surface area contributed by atoms with E-state index in [1.165, 1.54) is 4.31 Å². The Bertz CT molecular complexity index is 486. The van der Waals surface area contributed by atoms with Gasteiger partial charge >= 0.3 is 0 Å². The average Bonchev–Trinajstić information content (AvgIpc) is 3.21. The van der Waals surface area contributed by atoms with Gasteiger partial charge in [-0.1, -0.05) is 0 Å². The fourth-order valence-corrected chi connectivity index (χ4v) is 3.96. The number of nitrogens with zero attached hydrogens (tertiary/aromatic N) is 2. The molecule has 2 aliphatic rings. The van der Waals surface area contributed by atoms with Crippen molar-refractivity contribution >= 4 is 40.0 Å². The third-order valence-corrected chi connectivity index (χ3v) is 5.44. The number of halogens is 1. The van der Waals surface area contributed by atoms with Gasteiger partial charge in [0.05, 0.1) is 24.5 Å². The molecule has 7 nitrogen and oxygen atoms in total. The van der Waals surface area contributed by atoms with Gasteiger partial charge in [0.25, 0.3) is 0 Å². The molecule has 1 aliphatic heterocycles. The van der Waals surface area contributed by atoms with Crippen molar-refractivity contribution in [3.63, 3.8) is 0 Å². The Balaban J connectivity index is 0.00000264. The summed E-state index contributed by atoms with van der Waals surface area (Å²) in [5.41, 5.74) is 0. The molecule has 2 rings (SSSR count). The summed E-state index contributed by atoms with van der Waals surface area (Å²) in [7, 11) is -3.28. The lowest BCUT2D eigenvalue weighted by molar-refractivity contribution is -0.0440. The minimum atomic E-state index is -3.28. The minimum absolute atomic E-state index is 0. The fraction of sp³-hybridized carbons (Fsp3) is 0.929. The van der Waals surface area contributed by atoms with Crippen LogP contribution in [0.25, 0.3) is 0 Å². The van der Waals surface area contributed by atoms with Crippen LogP contribution in [0, 0.1) is 0 Å². The molecule has 1 heterocycles. The highest BCUT2D eigenvalue weighted by atomic mass is 127. The van der Waals surface area contributed by atoms with Crippen molar-refractivity contribution in [3.8, 4) is 0 Å². The molecule has 1 aliphatic carbocycles. The number of aliphatic imine (C=N–C) groups is 1. The molecule has 1 saturated heterocycles. The molecular formula is C14H29IN4O3S. The summed E-state index contributed by atoms with van der Waals surface area (Å²) >= 11 is 0. The summed E-state index contributed by atoms with van der Waals surface area (Å²) < 4.78 is 31.9. The molecule has 0 amide bonds. The van der Waals surface area contributed by atoms with Crippen LogP contribution in [-0.2, 0) is 14.8 Å². The van der Waals surface area contributed by atoms with Crippen LogP contribution >= 0.6 is 24.0 Å². The predicted molar refractivity (Wildman–Crippen MR) is 103 cm³/mol. The normalized spacial score (nSPS) is 26.5. The number of guanidine groups is 1. The van der Waals surface area contributed by atoms with Crippen LogP contribution in [0.5, 0.6) is 0 Å². The van der Waals surface area contributed by atoms with Gasteiger partial charge in [0.2, 0.25) is 10.0 Å². The molecule has 2 atom stereocenters. The van der Waals surface area contributed by atoms with Gasteiger partial charge in [0, 0.05) is 25.7 Å². The van der Waals surface area contributed by atoms with Gasteiger partial charge in [-0.2, -0.15) is 4.31 Å². The number of hydrogen-bond acceptors (Lipinski definition) is 4. The Morgan fingerprint density at radius 3 is 2.39 bits per heavy atom. The minimum Gasteiger partial charge on any atom is -0.373 e. The Hall–Kier alpha value is -0.130. The zero-order valence-corrected chi connectivity index (χ0v) is 17.3. The van der Waals surface area contributed by atoms with E-state index in [1.807, 2.05) is 20.8 Å². The SMILES string of the molecule is CCNC(=NCCS(=O)(=O)N1CC(C)OC(C)C1)NC1CC1.I. The molecular weight excluding hydrogens is 431 g/mol. The van der Waals surface area contributed by atoms with Crippen molar-refractivity contribution in [2.75, 3.05) is 31.9 Å². The van der Waals surface area contributed by atoms with Crippen molar-refractivity contribution in [2.24, 2.45) is 4.99 Å². The number of ether oxygens (including phenoxy) is 1. The molecule has 23 heavy (non-hydrogen) atoms. The van der Waals surface area contributed by atoms with Gasteiger partial charge in [0.1, 0.15) is 0 Å². The number of nitrogens with one attached hydrogen (secondary N) is 2. The van der Waals surface area contributed by atoms with Crippen LogP contribution in [0.4, 0.5) is 0 Å². The molecule has 1 saturated carbocycles. The Kier molecular flexibility index (Phi) is 8.53. The number of sulfonamides is 1. The zero-order chi connectivity index (χ0) is 16.2. The van der Waals surface area contributed by atoms with E-state index in [0.717, 1.165) is 19.4 Å². The first-order valence-electron chi connectivity index (χ1n) is 8.09. The van der Waals surface area contributed by atoms with Crippen LogP contribution in [0.15, 0.2) is 4.99 Å². The second kappa shape index (κ2) is 9.38. The van der Waals surface area contributed by atoms with Crippen molar-refractivity contribution in [2.45, 2.75) is 51.9 Å². The number of rotatable bonds is 6. The second-order valence-corrected chi connectivity index (χ2v) is 8.16. The summed E-state index contributed by atoms with van der Waals surface area (Å²) in [6.07, 6.45) is 2.20. The van der Waals surface area contributed by atoms with Crippen LogP contribution in [0.1, 0.15) is 33.6 Å². The number of morpholine rings is 1. The predicted octanol–water partition coefficient (Wildman–Crippen LogP) is 0.761. The van der Waals surface area contributed by atoms with Gasteiger partial charge < -0.3 is 15.4 Å². The maximum Gasteiger partial charge on any atom is 0.216 e. The van der Waals surface area contributed by atoms with Crippen molar-refractivity contribution in [3.05, 3.63) is 0 Å². The van der Waals surface area contributed by atoms with E-state index in [0.29, 0.717) is 25.1 Å². The van der Waals surface area contributed by atoms with E-state index in [2.05, 4.69) is 15.6 Å². The lowest BCUT2D eigenvalue weighted by Crippen LogP contribution is -2.49. The second-order valence-electron chi connectivity index (χ2n) is 6.07. The molecule has 0 bridgehead atoms. The average molecular weight is 460 g/mol. The highest BCUT2D eigenvalue weighted by Gasteiger charge is 2.30. The van der Waals surface area contributed by atoms with Gasteiger partial charge in [-0.15, -0.1) is 24.0 Å². The highest BCUT2D eigenvalue weighted by molar-refractivity contribution is 14.0. The third kappa shape index (κ3) is 7.10. The molecule has 9 heteroatoms. The van der Waals surface area contributed by atoms with E-state index >= 15 is 0 Å². The van der Waals surface area contributed by atoms with E-state index in [1.54, 1.807) is 0 Å². The summed E-state index contributed by atoms with van der Waals surface area (Å²) in [6, 6.07) is 0.496. The molecule has 0 aromatic heterocycles. The highest BCUT2D eigenvalue weighted by Crippen LogP contribution is 2.18. The van der Waals surface area contributed by atoms with Gasteiger partial charge in [0.15, 0.2) is 5.96 Å². The molecule has 0 aromatic carbocycles. The summed E-state index contributed by atoms with van der Waals surface area (Å²) in [6.45, 7) is 7.69. The molecule has 2 fully saturated rings. The molecule has 2 N–H and O–H groups in total. The largest absolute Gasteiger partial charge is 0.373 e. The quantitative estimate of drug-likeness (QED) is 0.348. The van der Waals surface area contributed by atoms with Crippen LogP contribution < -0.4 is 10.6 Å². The van der Waals surface area contributed by atoms with Crippen molar-refractivity contribution < 1.29 is 13.2 Å². The van der Waals surface area contributed by atoms with Crippen molar-refractivity contribution in [1.29, 1.82) is 0 Å². The first-order chi connectivity index (χ1) is 10.4. The Labute approximate surface area is 156 Å². The van der Waals surface area contributed by atoms with Gasteiger partial charge in [-0.25, -0.2) is 8.42 Å². The first-order valence-corrected chi connectivity index (χ1v) is 9.69. The topological polar surface area (TPSA) is 83.0 Å². The van der Waals surface area contributed by atoms with Gasteiger partial charge in [-0.3, -0.25) is 4.99 Å². The lowest BCUT2D eigenvalue weighted by atomic mass is 10.3. The smallest absolute Gasteiger partial charge is 0.216 e. The van der Waals surface area contributed by atoms with E-state index in [-0.39, 0.29) is 48.5 Å². The van der Waals surface area contributed by atoms with Crippen LogP contribution in [0.2, 0.25) is 0 Å². The Morgan fingerprint density at radius 2 is 1.87 bits per heavy atom. The monoisotopic (exact) mass is 460 g/mol. The zero-order valence-electron chi connectivity index (χ0n) is 14.1.